The van der Waals surface area contributed by atoms with Gasteiger partial charge in [-0.05, 0) is 42.7 Å². The van der Waals surface area contributed by atoms with Gasteiger partial charge in [0.2, 0.25) is 5.91 Å². The lowest BCUT2D eigenvalue weighted by Gasteiger charge is -2.29. The molecule has 1 aliphatic heterocycles. The molecule has 16 heteroatoms. The summed E-state index contributed by atoms with van der Waals surface area (Å²) in [5.41, 5.74) is 2.70. The van der Waals surface area contributed by atoms with Crippen molar-refractivity contribution < 1.29 is 45.1 Å². The van der Waals surface area contributed by atoms with Crippen molar-refractivity contribution in [2.75, 3.05) is 7.11 Å². The van der Waals surface area contributed by atoms with Crippen molar-refractivity contribution in [2.45, 2.75) is 50.6 Å². The van der Waals surface area contributed by atoms with Crippen LogP contribution in [0.5, 0.6) is 5.75 Å². The zero-order valence-corrected chi connectivity index (χ0v) is 20.3. The van der Waals surface area contributed by atoms with E-state index < -0.39 is 54.0 Å². The number of halogens is 6. The number of carbonyl (C=O) groups is 2. The molecule has 1 aliphatic rings. The number of nitrogens with two attached hydrogens (primary N) is 1. The van der Waals surface area contributed by atoms with Crippen LogP contribution in [0.25, 0.3) is 22.7 Å². The van der Waals surface area contributed by atoms with E-state index in [1.54, 1.807) is 0 Å². The summed E-state index contributed by atoms with van der Waals surface area (Å²) in [6.45, 7) is 0.762. The maximum atomic E-state index is 13.5. The number of aromatic amines is 1. The molecule has 0 radical (unpaired) electrons. The number of rotatable bonds is 7. The maximum absolute atomic E-state index is 13.5. The summed E-state index contributed by atoms with van der Waals surface area (Å²) in [5, 5.41) is 7.76. The van der Waals surface area contributed by atoms with Gasteiger partial charge in [-0.25, -0.2) is 9.89 Å². The van der Waals surface area contributed by atoms with E-state index in [0.717, 1.165) is 13.0 Å². The summed E-state index contributed by atoms with van der Waals surface area (Å²) in [7, 11) is 1.33. The van der Waals surface area contributed by atoms with Gasteiger partial charge in [0, 0.05) is 12.1 Å². The van der Waals surface area contributed by atoms with Crippen LogP contribution in [-0.2, 0) is 24.2 Å². The number of hydrogen-bond acceptors (Lipinski definition) is 6. The molecule has 0 saturated carbocycles. The average Bonchev–Trinajstić information content (AvgIpc) is 3.39. The van der Waals surface area contributed by atoms with Crippen molar-refractivity contribution >= 4 is 11.8 Å². The van der Waals surface area contributed by atoms with Crippen molar-refractivity contribution in [3.05, 3.63) is 45.6 Å². The fourth-order valence-corrected chi connectivity index (χ4v) is 4.57. The number of ether oxygens (including phenoxy) is 1. The first-order valence-corrected chi connectivity index (χ1v) is 11.3. The third kappa shape index (κ3) is 5.63. The summed E-state index contributed by atoms with van der Waals surface area (Å²) < 4.78 is 91.5. The molecule has 2 aromatic heterocycles. The summed E-state index contributed by atoms with van der Waals surface area (Å²) in [6, 6.07) is 3.83. The molecule has 210 valence electrons. The van der Waals surface area contributed by atoms with Gasteiger partial charge >= 0.3 is 18.1 Å². The normalized spacial score (nSPS) is 14.8. The lowest BCUT2D eigenvalue weighted by molar-refractivity contribution is -0.156. The Kier molecular flexibility index (Phi) is 6.77. The highest BCUT2D eigenvalue weighted by molar-refractivity contribution is 5.99. The monoisotopic (exact) mass is 561 g/mol. The van der Waals surface area contributed by atoms with Crippen LogP contribution in [0.15, 0.2) is 27.4 Å². The Bertz CT molecular complexity index is 1500. The van der Waals surface area contributed by atoms with Crippen molar-refractivity contribution in [1.82, 2.24) is 20.1 Å². The SMILES string of the molecule is COc1cc2c(cc1-c1n[nH]c(=O)o1)-c1c(CC(F)(F)F)cc(C(=O)N[C@@](C)(CC(F)(F)F)C(N)=O)n1CC2. The van der Waals surface area contributed by atoms with E-state index in [2.05, 4.69) is 10.2 Å². The Balaban J connectivity index is 1.87. The van der Waals surface area contributed by atoms with Crippen LogP contribution in [0.4, 0.5) is 26.3 Å². The molecule has 0 fully saturated rings. The van der Waals surface area contributed by atoms with Crippen LogP contribution in [0.3, 0.4) is 0 Å². The van der Waals surface area contributed by atoms with Crippen molar-refractivity contribution in [3.8, 4) is 28.5 Å². The van der Waals surface area contributed by atoms with E-state index in [4.69, 9.17) is 14.9 Å². The molecular weight excluding hydrogens is 540 g/mol. The Hall–Kier alpha value is -4.24. The number of amides is 2. The Morgan fingerprint density at radius 1 is 1.15 bits per heavy atom. The molecule has 0 bridgehead atoms. The highest BCUT2D eigenvalue weighted by Crippen LogP contribution is 2.42. The van der Waals surface area contributed by atoms with E-state index in [1.165, 1.54) is 23.8 Å². The second kappa shape index (κ2) is 9.50. The van der Waals surface area contributed by atoms with E-state index in [-0.39, 0.29) is 47.0 Å². The molecule has 4 N–H and O–H groups in total. The number of primary amides is 1. The van der Waals surface area contributed by atoms with E-state index in [0.29, 0.717) is 5.56 Å². The molecule has 0 aliphatic carbocycles. The number of H-pyrrole nitrogens is 1. The van der Waals surface area contributed by atoms with Gasteiger partial charge in [-0.15, -0.1) is 5.10 Å². The summed E-state index contributed by atoms with van der Waals surface area (Å²) in [6.07, 6.45) is -12.7. The molecule has 0 saturated heterocycles. The van der Waals surface area contributed by atoms with Crippen LogP contribution in [0, 0.1) is 0 Å². The summed E-state index contributed by atoms with van der Waals surface area (Å²) in [5.74, 6) is -3.57. The molecule has 39 heavy (non-hydrogen) atoms. The first-order valence-electron chi connectivity index (χ1n) is 11.3. The molecule has 2 amide bonds. The molecule has 3 heterocycles. The first kappa shape index (κ1) is 27.8. The number of carbonyl (C=O) groups excluding carboxylic acids is 2. The van der Waals surface area contributed by atoms with Crippen LogP contribution in [-0.4, -0.2) is 51.6 Å². The van der Waals surface area contributed by atoms with Crippen LogP contribution < -0.4 is 21.5 Å². The molecule has 1 aromatic carbocycles. The van der Waals surface area contributed by atoms with Gasteiger partial charge in [0.15, 0.2) is 0 Å². The Morgan fingerprint density at radius 3 is 2.38 bits per heavy atom. The number of hydrogen-bond donors (Lipinski definition) is 3. The van der Waals surface area contributed by atoms with Gasteiger partial charge in [-0.3, -0.25) is 9.59 Å². The minimum absolute atomic E-state index is 0.0184. The minimum atomic E-state index is -4.88. The zero-order chi connectivity index (χ0) is 28.9. The maximum Gasteiger partial charge on any atom is 0.434 e. The van der Waals surface area contributed by atoms with Crippen molar-refractivity contribution in [1.29, 1.82) is 0 Å². The third-order valence-corrected chi connectivity index (χ3v) is 6.24. The van der Waals surface area contributed by atoms with Gasteiger partial charge in [0.1, 0.15) is 17.0 Å². The van der Waals surface area contributed by atoms with E-state index in [9.17, 15) is 40.7 Å². The quantitative estimate of drug-likeness (QED) is 0.378. The number of aromatic nitrogens is 3. The van der Waals surface area contributed by atoms with Gasteiger partial charge in [0.05, 0.1) is 31.2 Å². The largest absolute Gasteiger partial charge is 0.496 e. The van der Waals surface area contributed by atoms with Crippen molar-refractivity contribution in [2.24, 2.45) is 5.73 Å². The number of aryl methyl sites for hydroxylation is 1. The first-order chi connectivity index (χ1) is 18.0. The highest BCUT2D eigenvalue weighted by Gasteiger charge is 2.45. The van der Waals surface area contributed by atoms with Gasteiger partial charge < -0.3 is 24.8 Å². The van der Waals surface area contributed by atoms with Crippen LogP contribution in [0.1, 0.15) is 35.0 Å². The second-order valence-corrected chi connectivity index (χ2v) is 9.17. The van der Waals surface area contributed by atoms with Crippen LogP contribution in [0.2, 0.25) is 0 Å². The fourth-order valence-electron chi connectivity index (χ4n) is 4.57. The predicted molar refractivity (Wildman–Crippen MR) is 122 cm³/mol. The number of methoxy groups -OCH3 is 1. The van der Waals surface area contributed by atoms with Crippen LogP contribution >= 0.6 is 0 Å². The number of fused-ring (bicyclic) bond motifs is 3. The van der Waals surface area contributed by atoms with Gasteiger partial charge in [-0.2, -0.15) is 26.3 Å². The second-order valence-electron chi connectivity index (χ2n) is 9.17. The molecule has 3 aromatic rings. The number of benzene rings is 1. The standard InChI is InChI=1S/C23H21F6N5O5/c1-21(19(30)36,9-23(27,28)29)31-17(35)14-5-11(8-22(24,25)26)16-12-7-13(18-32-33-20(37)39-18)15(38-2)6-10(12)3-4-34(14)16/h5-7H,3-4,8-9H2,1-2H3,(H2,30,36)(H,31,35)(H,33,37)/t21-/m0/s1. The average molecular weight is 561 g/mol. The topological polar surface area (TPSA) is 145 Å². The molecule has 4 rings (SSSR count). The molecule has 1 atom stereocenters. The number of alkyl halides is 6. The molecule has 0 unspecified atom stereocenters. The molecular formula is C23H21F6N5O5. The molecule has 10 nitrogen and oxygen atoms in total. The van der Waals surface area contributed by atoms with E-state index in [1.807, 2.05) is 5.32 Å². The van der Waals surface area contributed by atoms with E-state index >= 15 is 0 Å². The summed E-state index contributed by atoms with van der Waals surface area (Å²) >= 11 is 0. The lowest BCUT2D eigenvalue weighted by atomic mass is 9.93. The highest BCUT2D eigenvalue weighted by atomic mass is 19.4. The van der Waals surface area contributed by atoms with Crippen molar-refractivity contribution in [3.63, 3.8) is 0 Å². The Labute approximate surface area is 215 Å². The summed E-state index contributed by atoms with van der Waals surface area (Å²) in [4.78, 5) is 36.5. The molecule has 0 spiro atoms. The van der Waals surface area contributed by atoms with Gasteiger partial charge in [0.25, 0.3) is 11.8 Å². The lowest BCUT2D eigenvalue weighted by Crippen LogP contribution is -2.57. The Morgan fingerprint density at radius 2 is 1.85 bits per heavy atom. The fraction of sp³-hybridized carbons (Fsp3) is 0.391. The number of nitrogens with zero attached hydrogens (tertiary/aromatic N) is 2. The predicted octanol–water partition coefficient (Wildman–Crippen LogP) is 3.09. The smallest absolute Gasteiger partial charge is 0.434 e. The minimum Gasteiger partial charge on any atom is -0.496 e. The zero-order valence-electron chi connectivity index (χ0n) is 20.3. The van der Waals surface area contributed by atoms with Gasteiger partial charge in [-0.1, -0.05) is 0 Å². The number of nitrogens with one attached hydrogen (secondary N) is 2. The third-order valence-electron chi connectivity index (χ3n) is 6.24.